The number of hydrogen-bond acceptors (Lipinski definition) is 3. The average Bonchev–Trinajstić information content (AvgIpc) is 2.43. The number of amides is 1. The normalized spacial score (nSPS) is 10.5. The molecule has 6 heteroatoms. The molecule has 0 aliphatic heterocycles. The van der Waals surface area contributed by atoms with Crippen molar-refractivity contribution in [3.8, 4) is 5.75 Å². The molecule has 0 spiro atoms. The van der Waals surface area contributed by atoms with E-state index >= 15 is 0 Å². The van der Waals surface area contributed by atoms with Gasteiger partial charge in [-0.25, -0.2) is 4.98 Å². The molecule has 1 aromatic heterocycles. The van der Waals surface area contributed by atoms with Gasteiger partial charge in [0.05, 0.1) is 11.7 Å². The Morgan fingerprint density at radius 2 is 2.00 bits per heavy atom. The molecular weight excluding hydrogens is 356 g/mol. The molecule has 0 unspecified atom stereocenters. The first kappa shape index (κ1) is 15.8. The van der Waals surface area contributed by atoms with Gasteiger partial charge in [0, 0.05) is 16.4 Å². The second kappa shape index (κ2) is 6.91. The average molecular weight is 370 g/mol. The summed E-state index contributed by atoms with van der Waals surface area (Å²) in [6.07, 6.45) is 1.65. The lowest BCUT2D eigenvalue weighted by atomic mass is 10.2. The Morgan fingerprint density at radius 3 is 2.62 bits per heavy atom. The van der Waals surface area contributed by atoms with Crippen LogP contribution >= 0.6 is 27.5 Å². The molecule has 1 amide bonds. The third-order valence-electron chi connectivity index (χ3n) is 2.53. The maximum absolute atomic E-state index is 12.2. The quantitative estimate of drug-likeness (QED) is 0.805. The van der Waals surface area contributed by atoms with E-state index in [-0.39, 0.29) is 17.2 Å². The van der Waals surface area contributed by atoms with Crippen molar-refractivity contribution in [3.05, 3.63) is 51.7 Å². The summed E-state index contributed by atoms with van der Waals surface area (Å²) in [6.45, 7) is 3.91. The summed E-state index contributed by atoms with van der Waals surface area (Å²) in [5, 5.41) is 2.93. The van der Waals surface area contributed by atoms with Gasteiger partial charge in [0.25, 0.3) is 5.91 Å². The molecule has 0 bridgehead atoms. The number of halogens is 2. The summed E-state index contributed by atoms with van der Waals surface area (Å²) >= 11 is 9.19. The Balaban J connectivity index is 2.10. The highest BCUT2D eigenvalue weighted by atomic mass is 79.9. The summed E-state index contributed by atoms with van der Waals surface area (Å²) in [5.74, 6) is 0.441. The van der Waals surface area contributed by atoms with Gasteiger partial charge >= 0.3 is 0 Å². The number of carbonyl (C=O) groups is 1. The highest BCUT2D eigenvalue weighted by Crippen LogP contribution is 2.21. The van der Waals surface area contributed by atoms with E-state index in [0.717, 1.165) is 5.75 Å². The molecule has 4 nitrogen and oxygen atoms in total. The Hall–Kier alpha value is -1.59. The zero-order valence-corrected chi connectivity index (χ0v) is 13.9. The number of pyridine rings is 1. The SMILES string of the molecule is CC(C)Oc1ccc(NC(=O)c2cc(Br)cnc2Cl)cc1. The number of hydrogen-bond donors (Lipinski definition) is 1. The van der Waals surface area contributed by atoms with Crippen molar-refractivity contribution in [3.63, 3.8) is 0 Å². The Labute approximate surface area is 136 Å². The first-order valence-corrected chi connectivity index (χ1v) is 7.52. The van der Waals surface area contributed by atoms with Crippen LogP contribution in [0.2, 0.25) is 5.15 Å². The second-order valence-corrected chi connectivity index (χ2v) is 5.91. The van der Waals surface area contributed by atoms with Crippen LogP contribution in [0, 0.1) is 0 Å². The topological polar surface area (TPSA) is 51.2 Å². The zero-order valence-electron chi connectivity index (χ0n) is 11.6. The van der Waals surface area contributed by atoms with E-state index in [2.05, 4.69) is 26.2 Å². The molecule has 1 N–H and O–H groups in total. The van der Waals surface area contributed by atoms with Gasteiger partial charge in [0.2, 0.25) is 0 Å². The molecule has 1 aromatic carbocycles. The van der Waals surface area contributed by atoms with Crippen molar-refractivity contribution < 1.29 is 9.53 Å². The Kier molecular flexibility index (Phi) is 5.20. The van der Waals surface area contributed by atoms with Crippen molar-refractivity contribution in [1.82, 2.24) is 4.98 Å². The van der Waals surface area contributed by atoms with E-state index < -0.39 is 0 Å². The Bertz CT molecular complexity index is 645. The maximum Gasteiger partial charge on any atom is 0.258 e. The van der Waals surface area contributed by atoms with E-state index in [1.807, 2.05) is 13.8 Å². The number of nitrogens with one attached hydrogen (secondary N) is 1. The number of ether oxygens (including phenoxy) is 1. The van der Waals surface area contributed by atoms with Gasteiger partial charge < -0.3 is 10.1 Å². The maximum atomic E-state index is 12.2. The van der Waals surface area contributed by atoms with Gasteiger partial charge in [-0.1, -0.05) is 11.6 Å². The first-order chi connectivity index (χ1) is 9.95. The van der Waals surface area contributed by atoms with Gasteiger partial charge in [-0.3, -0.25) is 4.79 Å². The monoisotopic (exact) mass is 368 g/mol. The molecule has 0 aliphatic rings. The van der Waals surface area contributed by atoms with Crippen LogP contribution in [0.25, 0.3) is 0 Å². The van der Waals surface area contributed by atoms with Crippen molar-refractivity contribution in [2.75, 3.05) is 5.32 Å². The van der Waals surface area contributed by atoms with Crippen LogP contribution in [0.3, 0.4) is 0 Å². The molecule has 0 radical (unpaired) electrons. The fraction of sp³-hybridized carbons (Fsp3) is 0.200. The van der Waals surface area contributed by atoms with E-state index in [4.69, 9.17) is 16.3 Å². The number of benzene rings is 1. The predicted molar refractivity (Wildman–Crippen MR) is 87.1 cm³/mol. The van der Waals surface area contributed by atoms with E-state index in [0.29, 0.717) is 15.7 Å². The fourth-order valence-electron chi connectivity index (χ4n) is 1.67. The van der Waals surface area contributed by atoms with Crippen LogP contribution in [0.1, 0.15) is 24.2 Å². The third kappa shape index (κ3) is 4.44. The summed E-state index contributed by atoms with van der Waals surface area (Å²) in [7, 11) is 0. The fourth-order valence-corrected chi connectivity index (χ4v) is 2.19. The van der Waals surface area contributed by atoms with Gasteiger partial charge in [0.1, 0.15) is 10.9 Å². The standard InChI is InChI=1S/C15H14BrClN2O2/c1-9(2)21-12-5-3-11(4-6-12)19-15(20)13-7-10(16)8-18-14(13)17/h3-9H,1-2H3,(H,19,20). The van der Waals surface area contributed by atoms with Gasteiger partial charge in [-0.15, -0.1) is 0 Å². The molecular formula is C15H14BrClN2O2. The highest BCUT2D eigenvalue weighted by molar-refractivity contribution is 9.10. The second-order valence-electron chi connectivity index (χ2n) is 4.64. The lowest BCUT2D eigenvalue weighted by Gasteiger charge is -2.11. The highest BCUT2D eigenvalue weighted by Gasteiger charge is 2.12. The minimum Gasteiger partial charge on any atom is -0.491 e. The van der Waals surface area contributed by atoms with Crippen molar-refractivity contribution >= 4 is 39.1 Å². The lowest BCUT2D eigenvalue weighted by Crippen LogP contribution is -2.13. The molecule has 2 rings (SSSR count). The van der Waals surface area contributed by atoms with Gasteiger partial charge in [0.15, 0.2) is 0 Å². The Morgan fingerprint density at radius 1 is 1.33 bits per heavy atom. The molecule has 0 aliphatic carbocycles. The number of carbonyl (C=O) groups excluding carboxylic acids is 1. The van der Waals surface area contributed by atoms with Crippen LogP contribution in [-0.4, -0.2) is 17.0 Å². The van der Waals surface area contributed by atoms with Crippen molar-refractivity contribution in [2.45, 2.75) is 20.0 Å². The van der Waals surface area contributed by atoms with E-state index in [1.165, 1.54) is 6.20 Å². The van der Waals surface area contributed by atoms with Crippen LogP contribution in [0.4, 0.5) is 5.69 Å². The van der Waals surface area contributed by atoms with Crippen LogP contribution in [0.15, 0.2) is 41.0 Å². The molecule has 0 saturated carbocycles. The van der Waals surface area contributed by atoms with Crippen LogP contribution < -0.4 is 10.1 Å². The largest absolute Gasteiger partial charge is 0.491 e. The van der Waals surface area contributed by atoms with E-state index in [9.17, 15) is 4.79 Å². The number of rotatable bonds is 4. The predicted octanol–water partition coefficient (Wildman–Crippen LogP) is 4.54. The van der Waals surface area contributed by atoms with Crippen LogP contribution in [-0.2, 0) is 0 Å². The summed E-state index contributed by atoms with van der Waals surface area (Å²) in [4.78, 5) is 16.1. The minimum absolute atomic E-state index is 0.108. The van der Waals surface area contributed by atoms with E-state index in [1.54, 1.807) is 30.3 Å². The van der Waals surface area contributed by atoms with Crippen LogP contribution in [0.5, 0.6) is 5.75 Å². The molecule has 0 fully saturated rings. The number of anilines is 1. The molecule has 1 heterocycles. The lowest BCUT2D eigenvalue weighted by molar-refractivity contribution is 0.102. The number of nitrogens with zero attached hydrogens (tertiary/aromatic N) is 1. The molecule has 0 saturated heterocycles. The zero-order chi connectivity index (χ0) is 15.4. The molecule has 0 atom stereocenters. The third-order valence-corrected chi connectivity index (χ3v) is 3.27. The first-order valence-electron chi connectivity index (χ1n) is 6.35. The van der Waals surface area contributed by atoms with Gasteiger partial charge in [-0.2, -0.15) is 0 Å². The molecule has 21 heavy (non-hydrogen) atoms. The summed E-state index contributed by atoms with van der Waals surface area (Å²) in [5.41, 5.74) is 0.973. The summed E-state index contributed by atoms with van der Waals surface area (Å²) < 4.78 is 6.24. The van der Waals surface area contributed by atoms with Crippen molar-refractivity contribution in [2.24, 2.45) is 0 Å². The smallest absolute Gasteiger partial charge is 0.258 e. The number of aromatic nitrogens is 1. The molecule has 2 aromatic rings. The summed E-state index contributed by atoms with van der Waals surface area (Å²) in [6, 6.07) is 8.78. The minimum atomic E-state index is -0.314. The van der Waals surface area contributed by atoms with Gasteiger partial charge in [-0.05, 0) is 60.1 Å². The van der Waals surface area contributed by atoms with Crippen molar-refractivity contribution in [1.29, 1.82) is 0 Å². The molecule has 110 valence electrons.